The highest BCUT2D eigenvalue weighted by Gasteiger charge is 2.28. The van der Waals surface area contributed by atoms with Crippen molar-refractivity contribution in [2.75, 3.05) is 32.6 Å². The molecule has 3 aromatic rings. The second-order valence-corrected chi connectivity index (χ2v) is 8.64. The number of rotatable bonds is 7. The number of aliphatic hydroxyl groups is 1. The molecule has 0 saturated carbocycles. The first-order chi connectivity index (χ1) is 14.6. The Bertz CT molecular complexity index is 1060. The number of anilines is 1. The number of nitrogens with zero attached hydrogens (tertiary/aromatic N) is 4. The Morgan fingerprint density at radius 1 is 1.30 bits per heavy atom. The Morgan fingerprint density at radius 3 is 2.83 bits per heavy atom. The van der Waals surface area contributed by atoms with Crippen LogP contribution in [0.1, 0.15) is 22.0 Å². The monoisotopic (exact) mass is 423 g/mol. The Labute approximate surface area is 179 Å². The second-order valence-electron chi connectivity index (χ2n) is 7.56. The van der Waals surface area contributed by atoms with E-state index >= 15 is 0 Å². The standard InChI is InChI=1S/C22H25N5O2S/c1-26(2)10-6-9-19(29)27-11-16-18(12-27)30-22-20(16)21(23-14-24-22)25-17(13-28)15-7-4-3-5-8-15/h3-9,14,17,28H,10-13H2,1-2H3,(H,23,24,25)/b9-6+/t17-/m1/s1. The zero-order valence-electron chi connectivity index (χ0n) is 17.1. The van der Waals surface area contributed by atoms with Crippen molar-refractivity contribution in [3.8, 4) is 0 Å². The van der Waals surface area contributed by atoms with Gasteiger partial charge in [-0.1, -0.05) is 36.4 Å². The van der Waals surface area contributed by atoms with Gasteiger partial charge < -0.3 is 20.2 Å². The maximum atomic E-state index is 12.6. The molecular weight excluding hydrogens is 398 g/mol. The lowest BCUT2D eigenvalue weighted by Crippen LogP contribution is -2.23. The first-order valence-electron chi connectivity index (χ1n) is 9.84. The van der Waals surface area contributed by atoms with Crippen molar-refractivity contribution >= 4 is 33.3 Å². The van der Waals surface area contributed by atoms with Gasteiger partial charge in [0.2, 0.25) is 5.91 Å². The van der Waals surface area contributed by atoms with E-state index in [4.69, 9.17) is 0 Å². The van der Waals surface area contributed by atoms with Gasteiger partial charge in [-0.05, 0) is 19.7 Å². The van der Waals surface area contributed by atoms with Crippen molar-refractivity contribution in [2.45, 2.75) is 19.1 Å². The average molecular weight is 424 g/mol. The number of carbonyl (C=O) groups is 1. The molecule has 7 nitrogen and oxygen atoms in total. The molecule has 1 atom stereocenters. The quantitative estimate of drug-likeness (QED) is 0.569. The molecule has 0 aliphatic carbocycles. The Balaban J connectivity index is 1.58. The van der Waals surface area contributed by atoms with E-state index in [2.05, 4.69) is 15.3 Å². The number of hydrogen-bond acceptors (Lipinski definition) is 7. The lowest BCUT2D eigenvalue weighted by Gasteiger charge is -2.18. The third kappa shape index (κ3) is 4.21. The van der Waals surface area contributed by atoms with Crippen molar-refractivity contribution in [3.05, 3.63) is 64.8 Å². The summed E-state index contributed by atoms with van der Waals surface area (Å²) >= 11 is 1.60. The van der Waals surface area contributed by atoms with Gasteiger partial charge in [-0.15, -0.1) is 11.3 Å². The summed E-state index contributed by atoms with van der Waals surface area (Å²) in [5.41, 5.74) is 2.08. The minimum atomic E-state index is -0.270. The zero-order chi connectivity index (χ0) is 21.1. The highest BCUT2D eigenvalue weighted by atomic mass is 32.1. The molecule has 0 spiro atoms. The van der Waals surface area contributed by atoms with Crippen LogP contribution < -0.4 is 5.32 Å². The first-order valence-corrected chi connectivity index (χ1v) is 10.7. The minimum absolute atomic E-state index is 0.0114. The Kier molecular flexibility index (Phi) is 6.08. The zero-order valence-corrected chi connectivity index (χ0v) is 17.9. The molecule has 0 bridgehead atoms. The third-order valence-electron chi connectivity index (χ3n) is 5.09. The molecule has 1 aliphatic rings. The first kappa shape index (κ1) is 20.5. The fourth-order valence-electron chi connectivity index (χ4n) is 3.57. The summed E-state index contributed by atoms with van der Waals surface area (Å²) in [5, 5.41) is 14.2. The summed E-state index contributed by atoms with van der Waals surface area (Å²) in [6.07, 6.45) is 5.07. The fourth-order valence-corrected chi connectivity index (χ4v) is 4.74. The summed E-state index contributed by atoms with van der Waals surface area (Å²) in [5.74, 6) is 0.704. The van der Waals surface area contributed by atoms with Crippen molar-refractivity contribution in [2.24, 2.45) is 0 Å². The molecule has 1 aliphatic heterocycles. The van der Waals surface area contributed by atoms with Crippen LogP contribution >= 0.6 is 11.3 Å². The number of nitrogens with one attached hydrogen (secondary N) is 1. The number of amides is 1. The molecule has 30 heavy (non-hydrogen) atoms. The van der Waals surface area contributed by atoms with Gasteiger partial charge in [-0.3, -0.25) is 4.79 Å². The molecule has 0 radical (unpaired) electrons. The van der Waals surface area contributed by atoms with E-state index in [1.54, 1.807) is 23.7 Å². The van der Waals surface area contributed by atoms with E-state index in [1.165, 1.54) is 0 Å². The number of benzene rings is 1. The Morgan fingerprint density at radius 2 is 2.10 bits per heavy atom. The highest BCUT2D eigenvalue weighted by molar-refractivity contribution is 7.19. The van der Waals surface area contributed by atoms with Gasteiger partial charge in [0.15, 0.2) is 0 Å². The van der Waals surface area contributed by atoms with Gasteiger partial charge in [0, 0.05) is 29.6 Å². The van der Waals surface area contributed by atoms with Crippen molar-refractivity contribution in [1.29, 1.82) is 0 Å². The van der Waals surface area contributed by atoms with Crippen LogP contribution in [0.4, 0.5) is 5.82 Å². The van der Waals surface area contributed by atoms with Crippen molar-refractivity contribution < 1.29 is 9.90 Å². The van der Waals surface area contributed by atoms with Crippen LogP contribution in [0.3, 0.4) is 0 Å². The molecule has 2 aromatic heterocycles. The number of aliphatic hydroxyl groups excluding tert-OH is 1. The van der Waals surface area contributed by atoms with Gasteiger partial charge >= 0.3 is 0 Å². The lowest BCUT2D eigenvalue weighted by molar-refractivity contribution is -0.126. The smallest absolute Gasteiger partial charge is 0.246 e. The maximum Gasteiger partial charge on any atom is 0.246 e. The molecule has 0 unspecified atom stereocenters. The number of carbonyl (C=O) groups excluding carboxylic acids is 1. The van der Waals surface area contributed by atoms with Crippen molar-refractivity contribution in [3.63, 3.8) is 0 Å². The van der Waals surface area contributed by atoms with Crippen LogP contribution in [0.25, 0.3) is 10.2 Å². The van der Waals surface area contributed by atoms with E-state index in [0.29, 0.717) is 18.9 Å². The molecule has 2 N–H and O–H groups in total. The average Bonchev–Trinajstić information content (AvgIpc) is 3.30. The number of fused-ring (bicyclic) bond motifs is 3. The molecule has 0 fully saturated rings. The predicted molar refractivity (Wildman–Crippen MR) is 119 cm³/mol. The third-order valence-corrected chi connectivity index (χ3v) is 6.22. The summed E-state index contributed by atoms with van der Waals surface area (Å²) in [7, 11) is 3.94. The molecule has 3 heterocycles. The normalized spacial score (nSPS) is 14.6. The molecule has 8 heteroatoms. The molecule has 156 valence electrons. The van der Waals surface area contributed by atoms with E-state index in [9.17, 15) is 9.90 Å². The highest BCUT2D eigenvalue weighted by Crippen LogP contribution is 2.40. The van der Waals surface area contributed by atoms with Crippen LogP contribution in [-0.2, 0) is 17.9 Å². The largest absolute Gasteiger partial charge is 0.394 e. The van der Waals surface area contributed by atoms with Gasteiger partial charge in [-0.2, -0.15) is 0 Å². The molecular formula is C22H25N5O2S. The number of thiophene rings is 1. The summed E-state index contributed by atoms with van der Waals surface area (Å²) < 4.78 is 0. The van der Waals surface area contributed by atoms with Crippen LogP contribution in [0.2, 0.25) is 0 Å². The summed E-state index contributed by atoms with van der Waals surface area (Å²) in [6.45, 7) is 1.80. The van der Waals surface area contributed by atoms with Crippen LogP contribution in [0.15, 0.2) is 48.8 Å². The van der Waals surface area contributed by atoms with E-state index < -0.39 is 0 Å². The second kappa shape index (κ2) is 8.91. The van der Waals surface area contributed by atoms with Gasteiger partial charge in [0.25, 0.3) is 0 Å². The molecule has 4 rings (SSSR count). The number of likely N-dealkylation sites (N-methyl/N-ethyl adjacent to an activating group) is 1. The molecule has 1 aromatic carbocycles. The van der Waals surface area contributed by atoms with Gasteiger partial charge in [0.05, 0.1) is 24.6 Å². The van der Waals surface area contributed by atoms with E-state index in [1.807, 2.05) is 60.3 Å². The Hall–Kier alpha value is -2.81. The summed E-state index contributed by atoms with van der Waals surface area (Å²) in [6, 6.07) is 9.53. The lowest BCUT2D eigenvalue weighted by atomic mass is 10.1. The van der Waals surface area contributed by atoms with Gasteiger partial charge in [-0.25, -0.2) is 9.97 Å². The van der Waals surface area contributed by atoms with Crippen LogP contribution in [-0.4, -0.2) is 58.0 Å². The topological polar surface area (TPSA) is 81.6 Å². The maximum absolute atomic E-state index is 12.6. The summed E-state index contributed by atoms with van der Waals surface area (Å²) in [4.78, 5) is 27.4. The molecule has 1 amide bonds. The number of aromatic nitrogens is 2. The van der Waals surface area contributed by atoms with Crippen molar-refractivity contribution in [1.82, 2.24) is 19.8 Å². The minimum Gasteiger partial charge on any atom is -0.394 e. The number of hydrogen-bond donors (Lipinski definition) is 2. The fraction of sp³-hybridized carbons (Fsp3) is 0.318. The molecule has 0 saturated heterocycles. The SMILES string of the molecule is CN(C)C/C=C/C(=O)N1Cc2sc3ncnc(N[C@H](CO)c4ccccc4)c3c2C1. The van der Waals surface area contributed by atoms with Crippen LogP contribution in [0, 0.1) is 0 Å². The van der Waals surface area contributed by atoms with E-state index in [-0.39, 0.29) is 18.6 Å². The van der Waals surface area contributed by atoms with Gasteiger partial charge in [0.1, 0.15) is 17.0 Å². The predicted octanol–water partition coefficient (Wildman–Crippen LogP) is 2.80. The van der Waals surface area contributed by atoms with E-state index in [0.717, 1.165) is 32.8 Å². The van der Waals surface area contributed by atoms with Crippen LogP contribution in [0.5, 0.6) is 0 Å².